The number of aryl methyl sites for hydroxylation is 1. The van der Waals surface area contributed by atoms with E-state index in [1.165, 1.54) is 0 Å². The summed E-state index contributed by atoms with van der Waals surface area (Å²) >= 11 is 0. The Morgan fingerprint density at radius 1 is 1.29 bits per heavy atom. The van der Waals surface area contributed by atoms with E-state index in [1.54, 1.807) is 0 Å². The minimum Gasteiger partial charge on any atom is -0.493 e. The Hall–Kier alpha value is -1.79. The first kappa shape index (κ1) is 18.5. The first-order valence-corrected chi connectivity index (χ1v) is 8.78. The molecule has 1 heterocycles. The number of nitrogens with one attached hydrogen (secondary N) is 1. The monoisotopic (exact) mass is 334 g/mol. The van der Waals surface area contributed by atoms with Gasteiger partial charge in [0.2, 0.25) is 0 Å². The largest absolute Gasteiger partial charge is 0.493 e. The van der Waals surface area contributed by atoms with E-state index in [0.29, 0.717) is 19.1 Å². The van der Waals surface area contributed by atoms with Gasteiger partial charge in [-0.2, -0.15) is 0 Å². The summed E-state index contributed by atoms with van der Waals surface area (Å²) in [4.78, 5) is 6.75. The molecule has 0 amide bonds. The molecule has 1 aromatic carbocycles. The Morgan fingerprint density at radius 2 is 2.08 bits per heavy atom. The normalized spacial score (nSPS) is 16.1. The highest BCUT2D eigenvalue weighted by Crippen LogP contribution is 2.16. The van der Waals surface area contributed by atoms with Crippen LogP contribution in [-0.2, 0) is 4.74 Å². The van der Waals surface area contributed by atoms with Crippen LogP contribution in [0.2, 0.25) is 0 Å². The third kappa shape index (κ3) is 7.19. The second-order valence-corrected chi connectivity index (χ2v) is 5.97. The molecule has 1 aliphatic rings. The molecule has 1 aromatic rings. The van der Waals surface area contributed by atoms with E-state index in [-0.39, 0.29) is 0 Å². The fraction of sp³-hybridized carbons (Fsp3) is 0.611. The molecular weight excluding hydrogens is 304 g/mol. The summed E-state index contributed by atoms with van der Waals surface area (Å²) in [5.41, 5.74) is 7.03. The van der Waals surface area contributed by atoms with Gasteiger partial charge >= 0.3 is 0 Å². The Balaban J connectivity index is 1.49. The van der Waals surface area contributed by atoms with Gasteiger partial charge in [-0.15, -0.1) is 0 Å². The van der Waals surface area contributed by atoms with Gasteiger partial charge in [-0.05, 0) is 31.5 Å². The summed E-state index contributed by atoms with van der Waals surface area (Å²) in [5.74, 6) is 1.46. The molecule has 0 saturated carbocycles. The van der Waals surface area contributed by atoms with Gasteiger partial charge in [-0.1, -0.05) is 18.2 Å². The lowest BCUT2D eigenvalue weighted by Gasteiger charge is -2.26. The topological polar surface area (TPSA) is 72.1 Å². The molecule has 6 nitrogen and oxygen atoms in total. The molecular formula is C18H30N4O2. The van der Waals surface area contributed by atoms with Crippen LogP contribution in [0.15, 0.2) is 29.3 Å². The first-order chi connectivity index (χ1) is 11.8. The number of para-hydroxylation sites is 1. The number of hydrogen-bond acceptors (Lipinski definition) is 4. The average molecular weight is 334 g/mol. The van der Waals surface area contributed by atoms with Crippen molar-refractivity contribution in [3.05, 3.63) is 29.8 Å². The molecule has 24 heavy (non-hydrogen) atoms. The number of rotatable bonds is 9. The lowest BCUT2D eigenvalue weighted by Crippen LogP contribution is -2.39. The summed E-state index contributed by atoms with van der Waals surface area (Å²) < 4.78 is 11.1. The van der Waals surface area contributed by atoms with Crippen LogP contribution in [0.3, 0.4) is 0 Å². The zero-order valence-corrected chi connectivity index (χ0v) is 14.7. The van der Waals surface area contributed by atoms with E-state index in [1.807, 2.05) is 31.2 Å². The van der Waals surface area contributed by atoms with Gasteiger partial charge in [-0.3, -0.25) is 9.89 Å². The van der Waals surface area contributed by atoms with E-state index in [4.69, 9.17) is 15.2 Å². The molecule has 0 aromatic heterocycles. The highest BCUT2D eigenvalue weighted by atomic mass is 16.5. The van der Waals surface area contributed by atoms with E-state index >= 15 is 0 Å². The van der Waals surface area contributed by atoms with Crippen molar-refractivity contribution >= 4 is 5.96 Å². The fourth-order valence-corrected chi connectivity index (χ4v) is 2.56. The van der Waals surface area contributed by atoms with Gasteiger partial charge < -0.3 is 20.5 Å². The number of guanidine groups is 1. The highest BCUT2D eigenvalue weighted by Gasteiger charge is 2.08. The lowest BCUT2D eigenvalue weighted by atomic mass is 10.2. The molecule has 3 N–H and O–H groups in total. The zero-order valence-electron chi connectivity index (χ0n) is 14.7. The molecule has 0 bridgehead atoms. The second kappa shape index (κ2) is 10.9. The molecule has 6 heteroatoms. The Bertz CT molecular complexity index is 502. The molecule has 0 atom stereocenters. The number of aliphatic imine (C=N–C) groups is 1. The van der Waals surface area contributed by atoms with Crippen LogP contribution in [0, 0.1) is 6.92 Å². The zero-order chi connectivity index (χ0) is 17.0. The maximum absolute atomic E-state index is 5.87. The predicted octanol–water partition coefficient (Wildman–Crippen LogP) is 1.39. The van der Waals surface area contributed by atoms with Gasteiger partial charge in [0, 0.05) is 32.6 Å². The SMILES string of the molecule is Cc1ccccc1OCCCN=C(N)NCCCN1CCOCC1. The van der Waals surface area contributed by atoms with Crippen molar-refractivity contribution in [2.24, 2.45) is 10.7 Å². The van der Waals surface area contributed by atoms with E-state index < -0.39 is 0 Å². The molecule has 0 aliphatic carbocycles. The van der Waals surface area contributed by atoms with Crippen LogP contribution in [-0.4, -0.2) is 63.4 Å². The van der Waals surface area contributed by atoms with E-state index in [9.17, 15) is 0 Å². The van der Waals surface area contributed by atoms with Crippen molar-refractivity contribution in [1.82, 2.24) is 10.2 Å². The first-order valence-electron chi connectivity index (χ1n) is 8.78. The van der Waals surface area contributed by atoms with Crippen molar-refractivity contribution in [2.75, 3.05) is 52.5 Å². The van der Waals surface area contributed by atoms with Crippen molar-refractivity contribution in [1.29, 1.82) is 0 Å². The van der Waals surface area contributed by atoms with Gasteiger partial charge in [0.05, 0.1) is 19.8 Å². The molecule has 1 fully saturated rings. The maximum Gasteiger partial charge on any atom is 0.188 e. The number of benzene rings is 1. The van der Waals surface area contributed by atoms with Crippen LogP contribution in [0.4, 0.5) is 0 Å². The molecule has 2 rings (SSSR count). The van der Waals surface area contributed by atoms with Crippen LogP contribution >= 0.6 is 0 Å². The Kier molecular flexibility index (Phi) is 8.41. The van der Waals surface area contributed by atoms with Crippen molar-refractivity contribution < 1.29 is 9.47 Å². The molecule has 134 valence electrons. The minimum atomic E-state index is 0.521. The molecule has 0 unspecified atom stereocenters. The standard InChI is InChI=1S/C18H30N4O2/c1-16-6-2-3-7-17(16)24-13-5-9-21-18(19)20-8-4-10-22-11-14-23-15-12-22/h2-3,6-7H,4-5,8-15H2,1H3,(H3,19,20,21). The number of nitrogens with zero attached hydrogens (tertiary/aromatic N) is 2. The smallest absolute Gasteiger partial charge is 0.188 e. The minimum absolute atomic E-state index is 0.521. The van der Waals surface area contributed by atoms with Crippen molar-refractivity contribution in [3.8, 4) is 5.75 Å². The number of morpholine rings is 1. The lowest BCUT2D eigenvalue weighted by molar-refractivity contribution is 0.0376. The van der Waals surface area contributed by atoms with E-state index in [0.717, 1.165) is 63.5 Å². The molecule has 1 saturated heterocycles. The van der Waals surface area contributed by atoms with Gasteiger partial charge in [0.1, 0.15) is 5.75 Å². The third-order valence-electron chi connectivity index (χ3n) is 4.00. The molecule has 1 aliphatic heterocycles. The van der Waals surface area contributed by atoms with Gasteiger partial charge in [0.15, 0.2) is 5.96 Å². The fourth-order valence-electron chi connectivity index (χ4n) is 2.56. The summed E-state index contributed by atoms with van der Waals surface area (Å²) in [6, 6.07) is 8.03. The highest BCUT2D eigenvalue weighted by molar-refractivity contribution is 5.77. The van der Waals surface area contributed by atoms with E-state index in [2.05, 4.69) is 15.2 Å². The second-order valence-electron chi connectivity index (χ2n) is 5.97. The van der Waals surface area contributed by atoms with Crippen LogP contribution in [0.25, 0.3) is 0 Å². The Labute approximate surface area is 145 Å². The number of nitrogens with two attached hydrogens (primary N) is 1. The summed E-state index contributed by atoms with van der Waals surface area (Å²) in [6.45, 7) is 9.07. The quantitative estimate of drug-likeness (QED) is 0.406. The van der Waals surface area contributed by atoms with Crippen LogP contribution in [0.1, 0.15) is 18.4 Å². The van der Waals surface area contributed by atoms with Gasteiger partial charge in [-0.25, -0.2) is 0 Å². The summed E-state index contributed by atoms with van der Waals surface area (Å²) in [5, 5.41) is 3.17. The van der Waals surface area contributed by atoms with Crippen molar-refractivity contribution in [2.45, 2.75) is 19.8 Å². The average Bonchev–Trinajstić information content (AvgIpc) is 2.61. The number of ether oxygens (including phenoxy) is 2. The number of hydrogen-bond donors (Lipinski definition) is 2. The predicted molar refractivity (Wildman–Crippen MR) is 97.7 cm³/mol. The van der Waals surface area contributed by atoms with Crippen LogP contribution in [0.5, 0.6) is 5.75 Å². The summed E-state index contributed by atoms with van der Waals surface area (Å²) in [6.07, 6.45) is 1.91. The molecule has 0 radical (unpaired) electrons. The van der Waals surface area contributed by atoms with Gasteiger partial charge in [0.25, 0.3) is 0 Å². The summed E-state index contributed by atoms with van der Waals surface area (Å²) in [7, 11) is 0. The Morgan fingerprint density at radius 3 is 2.88 bits per heavy atom. The molecule has 0 spiro atoms. The van der Waals surface area contributed by atoms with Crippen molar-refractivity contribution in [3.63, 3.8) is 0 Å². The third-order valence-corrected chi connectivity index (χ3v) is 4.00. The van der Waals surface area contributed by atoms with Crippen LogP contribution < -0.4 is 15.8 Å². The maximum atomic E-state index is 5.87.